The molecule has 4 nitrogen and oxygen atoms in total. The van der Waals surface area contributed by atoms with Gasteiger partial charge in [0.15, 0.2) is 5.75 Å². The minimum absolute atomic E-state index is 0.0268. The zero-order valence-electron chi connectivity index (χ0n) is 7.70. The van der Waals surface area contributed by atoms with E-state index in [1.807, 2.05) is 13.8 Å². The minimum Gasteiger partial charge on any atom is -0.485 e. The van der Waals surface area contributed by atoms with Crippen molar-refractivity contribution in [2.45, 2.75) is 26.6 Å². The first-order valence-corrected chi connectivity index (χ1v) is 4.13. The molecule has 0 aromatic carbocycles. The van der Waals surface area contributed by atoms with Gasteiger partial charge in [0.25, 0.3) is 5.56 Å². The summed E-state index contributed by atoms with van der Waals surface area (Å²) in [7, 11) is 0. The van der Waals surface area contributed by atoms with Crippen LogP contribution in [-0.2, 0) is 6.61 Å². The van der Waals surface area contributed by atoms with Gasteiger partial charge < -0.3 is 14.8 Å². The first-order chi connectivity index (χ1) is 6.13. The average Bonchev–Trinajstić information content (AvgIpc) is 2.08. The molecular weight excluding hydrogens is 170 g/mol. The summed E-state index contributed by atoms with van der Waals surface area (Å²) < 4.78 is 5.22. The molecular formula is C9H13NO3. The zero-order chi connectivity index (χ0) is 9.84. The van der Waals surface area contributed by atoms with Crippen LogP contribution in [-0.4, -0.2) is 16.2 Å². The number of aromatic amines is 1. The normalized spacial score (nSPS) is 10.5. The van der Waals surface area contributed by atoms with Crippen molar-refractivity contribution in [3.8, 4) is 5.75 Å². The maximum absolute atomic E-state index is 11.2. The molecule has 13 heavy (non-hydrogen) atoms. The number of rotatable bonds is 3. The van der Waals surface area contributed by atoms with Crippen molar-refractivity contribution in [1.29, 1.82) is 0 Å². The Kier molecular flexibility index (Phi) is 3.08. The lowest BCUT2D eigenvalue weighted by Gasteiger charge is -2.08. The highest BCUT2D eigenvalue weighted by Gasteiger charge is 2.03. The summed E-state index contributed by atoms with van der Waals surface area (Å²) in [5.74, 6) is 0.284. The lowest BCUT2D eigenvalue weighted by Crippen LogP contribution is -2.16. The van der Waals surface area contributed by atoms with Crippen LogP contribution in [0, 0.1) is 0 Å². The van der Waals surface area contributed by atoms with Gasteiger partial charge in [-0.25, -0.2) is 0 Å². The Morgan fingerprint density at radius 2 is 2.23 bits per heavy atom. The number of aromatic nitrogens is 1. The van der Waals surface area contributed by atoms with Crippen LogP contribution in [0.2, 0.25) is 0 Å². The Balaban J connectivity index is 2.92. The Bertz CT molecular complexity index is 330. The van der Waals surface area contributed by atoms with Gasteiger partial charge in [-0.1, -0.05) is 0 Å². The molecule has 0 saturated heterocycles. The van der Waals surface area contributed by atoms with E-state index in [9.17, 15) is 4.79 Å². The third-order valence-corrected chi connectivity index (χ3v) is 1.47. The van der Waals surface area contributed by atoms with E-state index in [1.54, 1.807) is 12.1 Å². The highest BCUT2D eigenvalue weighted by molar-refractivity contribution is 5.19. The van der Waals surface area contributed by atoms with Gasteiger partial charge in [0, 0.05) is 5.69 Å². The molecule has 2 N–H and O–H groups in total. The van der Waals surface area contributed by atoms with Crippen LogP contribution in [0.1, 0.15) is 19.5 Å². The Hall–Kier alpha value is -1.29. The average molecular weight is 183 g/mol. The van der Waals surface area contributed by atoms with Crippen LogP contribution in [0.4, 0.5) is 0 Å². The molecule has 0 aliphatic carbocycles. The number of pyridine rings is 1. The van der Waals surface area contributed by atoms with Gasteiger partial charge in [-0.3, -0.25) is 4.79 Å². The summed E-state index contributed by atoms with van der Waals surface area (Å²) in [5, 5.41) is 8.72. The number of aliphatic hydroxyl groups excluding tert-OH is 1. The van der Waals surface area contributed by atoms with Gasteiger partial charge >= 0.3 is 0 Å². The predicted molar refractivity (Wildman–Crippen MR) is 48.7 cm³/mol. The number of aliphatic hydroxyl groups is 1. The molecule has 0 aliphatic rings. The molecule has 4 heteroatoms. The zero-order valence-corrected chi connectivity index (χ0v) is 7.70. The molecule has 0 atom stereocenters. The maximum atomic E-state index is 11.2. The SMILES string of the molecule is CC(C)Oc1ccc(CO)[nH]c1=O. The molecule has 1 rings (SSSR count). The van der Waals surface area contributed by atoms with Crippen LogP contribution in [0.25, 0.3) is 0 Å². The summed E-state index contributed by atoms with van der Waals surface area (Å²) >= 11 is 0. The second-order valence-corrected chi connectivity index (χ2v) is 3.00. The molecule has 1 aromatic rings. The molecule has 0 radical (unpaired) electrons. The van der Waals surface area contributed by atoms with E-state index in [2.05, 4.69) is 4.98 Å². The largest absolute Gasteiger partial charge is 0.485 e. The van der Waals surface area contributed by atoms with Gasteiger partial charge in [0.2, 0.25) is 0 Å². The summed E-state index contributed by atoms with van der Waals surface area (Å²) in [5.41, 5.74) is 0.182. The van der Waals surface area contributed by atoms with Crippen molar-refractivity contribution < 1.29 is 9.84 Å². The van der Waals surface area contributed by atoms with E-state index in [0.29, 0.717) is 5.69 Å². The molecule has 1 aromatic heterocycles. The highest BCUT2D eigenvalue weighted by Crippen LogP contribution is 2.05. The summed E-state index contributed by atoms with van der Waals surface area (Å²) in [6.07, 6.45) is -0.0268. The van der Waals surface area contributed by atoms with Crippen LogP contribution >= 0.6 is 0 Å². The molecule has 1 heterocycles. The fourth-order valence-corrected chi connectivity index (χ4v) is 0.940. The number of ether oxygens (including phenoxy) is 1. The van der Waals surface area contributed by atoms with Crippen molar-refractivity contribution in [3.63, 3.8) is 0 Å². The van der Waals surface area contributed by atoms with Crippen molar-refractivity contribution in [1.82, 2.24) is 4.98 Å². The Labute approximate surface area is 76.2 Å². The Morgan fingerprint density at radius 3 is 2.69 bits per heavy atom. The molecule has 0 fully saturated rings. The van der Waals surface area contributed by atoms with Crippen LogP contribution in [0.3, 0.4) is 0 Å². The standard InChI is InChI=1S/C9H13NO3/c1-6(2)13-8-4-3-7(5-11)10-9(8)12/h3-4,6,11H,5H2,1-2H3,(H,10,12). The summed E-state index contributed by atoms with van der Waals surface area (Å²) in [4.78, 5) is 13.7. The number of hydrogen-bond donors (Lipinski definition) is 2. The second-order valence-electron chi connectivity index (χ2n) is 3.00. The Morgan fingerprint density at radius 1 is 1.54 bits per heavy atom. The van der Waals surface area contributed by atoms with Gasteiger partial charge in [-0.15, -0.1) is 0 Å². The van der Waals surface area contributed by atoms with E-state index in [4.69, 9.17) is 9.84 Å². The third kappa shape index (κ3) is 2.59. The van der Waals surface area contributed by atoms with E-state index in [0.717, 1.165) is 0 Å². The van der Waals surface area contributed by atoms with Crippen molar-refractivity contribution in [2.75, 3.05) is 0 Å². The number of hydrogen-bond acceptors (Lipinski definition) is 3. The van der Waals surface area contributed by atoms with Gasteiger partial charge in [-0.2, -0.15) is 0 Å². The van der Waals surface area contributed by atoms with Crippen molar-refractivity contribution in [3.05, 3.63) is 28.2 Å². The summed E-state index contributed by atoms with van der Waals surface area (Å²) in [6, 6.07) is 3.18. The first kappa shape index (κ1) is 9.80. The van der Waals surface area contributed by atoms with E-state index in [-0.39, 0.29) is 24.0 Å². The predicted octanol–water partition coefficient (Wildman–Crippen LogP) is 0.654. The van der Waals surface area contributed by atoms with E-state index >= 15 is 0 Å². The maximum Gasteiger partial charge on any atom is 0.290 e. The van der Waals surface area contributed by atoms with E-state index < -0.39 is 0 Å². The molecule has 0 amide bonds. The molecule has 0 aliphatic heterocycles. The van der Waals surface area contributed by atoms with Crippen LogP contribution < -0.4 is 10.3 Å². The van der Waals surface area contributed by atoms with E-state index in [1.165, 1.54) is 0 Å². The molecule has 0 saturated carbocycles. The van der Waals surface area contributed by atoms with Crippen molar-refractivity contribution in [2.24, 2.45) is 0 Å². The highest BCUT2D eigenvalue weighted by atomic mass is 16.5. The fraction of sp³-hybridized carbons (Fsp3) is 0.444. The van der Waals surface area contributed by atoms with Gasteiger partial charge in [0.05, 0.1) is 12.7 Å². The fourth-order valence-electron chi connectivity index (χ4n) is 0.940. The van der Waals surface area contributed by atoms with Gasteiger partial charge in [-0.05, 0) is 26.0 Å². The van der Waals surface area contributed by atoms with Gasteiger partial charge in [0.1, 0.15) is 0 Å². The smallest absolute Gasteiger partial charge is 0.290 e. The lowest BCUT2D eigenvalue weighted by molar-refractivity contribution is 0.237. The topological polar surface area (TPSA) is 62.3 Å². The monoisotopic (exact) mass is 183 g/mol. The lowest BCUT2D eigenvalue weighted by atomic mass is 10.3. The minimum atomic E-state index is -0.305. The number of H-pyrrole nitrogens is 1. The third-order valence-electron chi connectivity index (χ3n) is 1.47. The summed E-state index contributed by atoms with van der Waals surface area (Å²) in [6.45, 7) is 3.52. The molecule has 72 valence electrons. The molecule has 0 unspecified atom stereocenters. The quantitative estimate of drug-likeness (QED) is 0.723. The molecule has 0 bridgehead atoms. The van der Waals surface area contributed by atoms with Crippen LogP contribution in [0.5, 0.6) is 5.75 Å². The van der Waals surface area contributed by atoms with Crippen LogP contribution in [0.15, 0.2) is 16.9 Å². The number of nitrogens with one attached hydrogen (secondary N) is 1. The molecule has 0 spiro atoms. The van der Waals surface area contributed by atoms with Crippen molar-refractivity contribution >= 4 is 0 Å². The second kappa shape index (κ2) is 4.09. The first-order valence-electron chi connectivity index (χ1n) is 4.13.